The minimum atomic E-state index is 0. The molecule has 2 N–H and O–H groups in total. The first kappa shape index (κ1) is 16.3. The average molecular weight is 425 g/mol. The van der Waals surface area contributed by atoms with Crippen molar-refractivity contribution < 1.29 is 4.79 Å². The second kappa shape index (κ2) is 6.34. The average Bonchev–Trinajstić information content (AvgIpc) is 2.90. The van der Waals surface area contributed by atoms with Crippen molar-refractivity contribution in [3.8, 4) is 0 Å². The van der Waals surface area contributed by atoms with Crippen molar-refractivity contribution in [2.45, 2.75) is 18.9 Å². The normalized spacial score (nSPS) is 28.1. The lowest BCUT2D eigenvalue weighted by Crippen LogP contribution is -2.33. The molecule has 1 heterocycles. The summed E-state index contributed by atoms with van der Waals surface area (Å²) in [5.74, 6) is 1.22. The van der Waals surface area contributed by atoms with Crippen molar-refractivity contribution >= 4 is 50.2 Å². The van der Waals surface area contributed by atoms with Crippen LogP contribution in [-0.2, 0) is 0 Å². The van der Waals surface area contributed by atoms with Crippen molar-refractivity contribution in [2.75, 3.05) is 13.1 Å². The van der Waals surface area contributed by atoms with Gasteiger partial charge in [0.05, 0.1) is 0 Å². The van der Waals surface area contributed by atoms with Gasteiger partial charge in [0.25, 0.3) is 5.91 Å². The maximum Gasteiger partial charge on any atom is 0.253 e. The van der Waals surface area contributed by atoms with Crippen LogP contribution < -0.4 is 5.73 Å². The molecule has 3 rings (SSSR count). The zero-order valence-corrected chi connectivity index (χ0v) is 14.9. The predicted molar refractivity (Wildman–Crippen MR) is 89.2 cm³/mol. The van der Waals surface area contributed by atoms with Crippen LogP contribution in [0.5, 0.6) is 0 Å². The quantitative estimate of drug-likeness (QED) is 0.751. The molecule has 1 aromatic carbocycles. The first-order valence-electron chi connectivity index (χ1n) is 6.55. The number of hydrogen-bond acceptors (Lipinski definition) is 2. The molecule has 1 aromatic rings. The number of carbonyl (C=O) groups excluding carboxylic acids is 1. The lowest BCUT2D eigenvalue weighted by molar-refractivity contribution is 0.0779. The summed E-state index contributed by atoms with van der Waals surface area (Å²) in [6, 6.07) is 5.96. The van der Waals surface area contributed by atoms with Gasteiger partial charge < -0.3 is 10.6 Å². The Labute approximate surface area is 141 Å². The summed E-state index contributed by atoms with van der Waals surface area (Å²) in [7, 11) is 0. The molecule has 0 radical (unpaired) electrons. The van der Waals surface area contributed by atoms with Crippen molar-refractivity contribution in [1.29, 1.82) is 0 Å². The molecule has 0 bridgehead atoms. The molecule has 0 aromatic heterocycles. The Bertz CT molecular complexity index is 506. The second-order valence-corrected chi connectivity index (χ2v) is 7.36. The van der Waals surface area contributed by atoms with Crippen LogP contribution in [0.3, 0.4) is 0 Å². The van der Waals surface area contributed by atoms with E-state index in [0.717, 1.165) is 40.4 Å². The van der Waals surface area contributed by atoms with Crippen LogP contribution in [-0.4, -0.2) is 29.9 Å². The highest BCUT2D eigenvalue weighted by atomic mass is 79.9. The summed E-state index contributed by atoms with van der Waals surface area (Å²) >= 11 is 6.85. The molecule has 3 atom stereocenters. The van der Waals surface area contributed by atoms with E-state index < -0.39 is 0 Å². The Morgan fingerprint density at radius 2 is 1.80 bits per heavy atom. The number of fused-ring (bicyclic) bond motifs is 1. The van der Waals surface area contributed by atoms with Gasteiger partial charge in [-0.1, -0.05) is 31.9 Å². The molecule has 110 valence electrons. The van der Waals surface area contributed by atoms with E-state index in [2.05, 4.69) is 31.9 Å². The number of rotatable bonds is 1. The van der Waals surface area contributed by atoms with E-state index in [1.807, 2.05) is 23.1 Å². The molecular weight excluding hydrogens is 407 g/mol. The van der Waals surface area contributed by atoms with Gasteiger partial charge in [-0.05, 0) is 42.9 Å². The zero-order valence-electron chi connectivity index (χ0n) is 10.9. The van der Waals surface area contributed by atoms with Crippen molar-refractivity contribution in [3.63, 3.8) is 0 Å². The summed E-state index contributed by atoms with van der Waals surface area (Å²) in [5.41, 5.74) is 6.85. The molecule has 1 amide bonds. The number of nitrogens with zero attached hydrogens (tertiary/aromatic N) is 1. The summed E-state index contributed by atoms with van der Waals surface area (Å²) in [5, 5.41) is 0. The van der Waals surface area contributed by atoms with E-state index in [1.54, 1.807) is 0 Å². The molecule has 1 aliphatic carbocycles. The highest BCUT2D eigenvalue weighted by Gasteiger charge is 2.42. The van der Waals surface area contributed by atoms with Gasteiger partial charge in [-0.2, -0.15) is 0 Å². The summed E-state index contributed by atoms with van der Waals surface area (Å²) in [4.78, 5) is 14.5. The molecule has 6 heteroatoms. The molecule has 0 spiro atoms. The molecule has 3 nitrogen and oxygen atoms in total. The Morgan fingerprint density at radius 1 is 1.15 bits per heavy atom. The predicted octanol–water partition coefficient (Wildman–Crippen LogP) is 3.44. The fourth-order valence-electron chi connectivity index (χ4n) is 3.33. The number of amides is 1. The maximum atomic E-state index is 12.5. The third-order valence-electron chi connectivity index (χ3n) is 4.31. The molecule has 1 saturated carbocycles. The van der Waals surface area contributed by atoms with Gasteiger partial charge in [-0.25, -0.2) is 0 Å². The van der Waals surface area contributed by atoms with Crippen molar-refractivity contribution in [3.05, 3.63) is 32.7 Å². The monoisotopic (exact) mass is 422 g/mol. The standard InChI is InChI=1S/C14H16Br2N2O.ClH/c15-10-3-9(4-11(16)5-10)14(19)18-6-8-1-2-13(17)12(8)7-18;/h3-5,8,12-13H,1-2,6-7,17H2;1H. The number of carbonyl (C=O) groups is 1. The van der Waals surface area contributed by atoms with Crippen LogP contribution in [0.4, 0.5) is 0 Å². The van der Waals surface area contributed by atoms with Gasteiger partial charge in [0.15, 0.2) is 0 Å². The van der Waals surface area contributed by atoms with Crippen LogP contribution in [0.15, 0.2) is 27.1 Å². The summed E-state index contributed by atoms with van der Waals surface area (Å²) in [6.45, 7) is 1.68. The van der Waals surface area contributed by atoms with Crippen molar-refractivity contribution in [2.24, 2.45) is 17.6 Å². The number of likely N-dealkylation sites (tertiary alicyclic amines) is 1. The van der Waals surface area contributed by atoms with Crippen LogP contribution in [0.25, 0.3) is 0 Å². The second-order valence-electron chi connectivity index (χ2n) is 5.53. The largest absolute Gasteiger partial charge is 0.338 e. The van der Waals surface area contributed by atoms with Crippen LogP contribution in [0, 0.1) is 11.8 Å². The third-order valence-corrected chi connectivity index (χ3v) is 5.22. The van der Waals surface area contributed by atoms with Gasteiger partial charge >= 0.3 is 0 Å². The first-order valence-corrected chi connectivity index (χ1v) is 8.14. The number of benzene rings is 1. The van der Waals surface area contributed by atoms with Crippen molar-refractivity contribution in [1.82, 2.24) is 4.90 Å². The summed E-state index contributed by atoms with van der Waals surface area (Å²) < 4.78 is 1.84. The maximum absolute atomic E-state index is 12.5. The van der Waals surface area contributed by atoms with Gasteiger partial charge in [-0.3, -0.25) is 4.79 Å². The van der Waals surface area contributed by atoms with Gasteiger partial charge in [-0.15, -0.1) is 12.4 Å². The smallest absolute Gasteiger partial charge is 0.253 e. The number of nitrogens with two attached hydrogens (primary N) is 1. The molecule has 1 saturated heterocycles. The van der Waals surface area contributed by atoms with Gasteiger partial charge in [0, 0.05) is 33.6 Å². The van der Waals surface area contributed by atoms with Crippen LogP contribution in [0.1, 0.15) is 23.2 Å². The van der Waals surface area contributed by atoms with E-state index in [9.17, 15) is 4.79 Å². The highest BCUT2D eigenvalue weighted by Crippen LogP contribution is 2.37. The minimum absolute atomic E-state index is 0. The van der Waals surface area contributed by atoms with E-state index in [0.29, 0.717) is 11.8 Å². The number of halogens is 3. The Morgan fingerprint density at radius 3 is 2.40 bits per heavy atom. The highest BCUT2D eigenvalue weighted by molar-refractivity contribution is 9.11. The Balaban J connectivity index is 0.00000147. The molecule has 2 aliphatic rings. The first-order chi connectivity index (χ1) is 9.04. The molecule has 3 unspecified atom stereocenters. The molecule has 2 fully saturated rings. The SMILES string of the molecule is Cl.NC1CCC2CN(C(=O)c3cc(Br)cc(Br)c3)CC12. The van der Waals surface area contributed by atoms with E-state index in [-0.39, 0.29) is 24.4 Å². The Kier molecular flexibility index (Phi) is 5.16. The van der Waals surface area contributed by atoms with Crippen LogP contribution >= 0.6 is 44.3 Å². The van der Waals surface area contributed by atoms with Gasteiger partial charge in [0.2, 0.25) is 0 Å². The van der Waals surface area contributed by atoms with Gasteiger partial charge in [0.1, 0.15) is 0 Å². The topological polar surface area (TPSA) is 46.3 Å². The third kappa shape index (κ3) is 3.06. The van der Waals surface area contributed by atoms with E-state index >= 15 is 0 Å². The zero-order chi connectivity index (χ0) is 13.6. The lowest BCUT2D eigenvalue weighted by Gasteiger charge is -2.19. The molecule has 20 heavy (non-hydrogen) atoms. The minimum Gasteiger partial charge on any atom is -0.338 e. The lowest BCUT2D eigenvalue weighted by atomic mass is 9.98. The fraction of sp³-hybridized carbons (Fsp3) is 0.500. The molecular formula is C14H17Br2ClN2O. The number of hydrogen-bond donors (Lipinski definition) is 1. The van der Waals surface area contributed by atoms with E-state index in [4.69, 9.17) is 5.73 Å². The molecule has 1 aliphatic heterocycles. The Hall–Kier alpha value is -0.100. The van der Waals surface area contributed by atoms with Crippen LogP contribution in [0.2, 0.25) is 0 Å². The fourth-order valence-corrected chi connectivity index (χ4v) is 4.63. The van der Waals surface area contributed by atoms with E-state index in [1.165, 1.54) is 0 Å². The summed E-state index contributed by atoms with van der Waals surface area (Å²) in [6.07, 6.45) is 2.28.